The van der Waals surface area contributed by atoms with Crippen LogP contribution in [0, 0.1) is 0 Å². The monoisotopic (exact) mass is 269 g/mol. The highest BCUT2D eigenvalue weighted by atomic mass is 32.2. The van der Waals surface area contributed by atoms with Gasteiger partial charge in [0.2, 0.25) is 0 Å². The van der Waals surface area contributed by atoms with Gasteiger partial charge in [0.15, 0.2) is 11.5 Å². The Bertz CT molecular complexity index is 345. The Hall–Kier alpha value is -0.870. The summed E-state index contributed by atoms with van der Waals surface area (Å²) in [5.41, 5.74) is 1.21. The van der Waals surface area contributed by atoms with Crippen molar-refractivity contribution in [1.29, 1.82) is 0 Å². The van der Waals surface area contributed by atoms with Crippen LogP contribution < -0.4 is 14.8 Å². The summed E-state index contributed by atoms with van der Waals surface area (Å²) in [6, 6.07) is 6.11. The summed E-state index contributed by atoms with van der Waals surface area (Å²) in [5.74, 6) is 2.81. The number of nitrogens with one attached hydrogen (secondary N) is 1. The van der Waals surface area contributed by atoms with E-state index >= 15 is 0 Å². The van der Waals surface area contributed by atoms with Crippen molar-refractivity contribution in [3.8, 4) is 11.5 Å². The molecule has 0 atom stereocenters. The van der Waals surface area contributed by atoms with Gasteiger partial charge in [-0.05, 0) is 50.1 Å². The topological polar surface area (TPSA) is 30.5 Å². The smallest absolute Gasteiger partial charge is 0.161 e. The number of rotatable bonds is 9. The van der Waals surface area contributed by atoms with Gasteiger partial charge in [0, 0.05) is 6.54 Å². The van der Waals surface area contributed by atoms with Gasteiger partial charge in [-0.2, -0.15) is 11.8 Å². The summed E-state index contributed by atoms with van der Waals surface area (Å²) in [5, 5.41) is 3.13. The largest absolute Gasteiger partial charge is 0.490 e. The van der Waals surface area contributed by atoms with E-state index in [0.29, 0.717) is 6.61 Å². The summed E-state index contributed by atoms with van der Waals surface area (Å²) < 4.78 is 11.4. The zero-order valence-electron chi connectivity index (χ0n) is 11.5. The van der Waals surface area contributed by atoms with E-state index in [1.165, 1.54) is 5.56 Å². The molecule has 0 aliphatic rings. The van der Waals surface area contributed by atoms with E-state index in [4.69, 9.17) is 9.47 Å². The molecule has 0 aliphatic heterocycles. The predicted molar refractivity (Wildman–Crippen MR) is 78.9 cm³/mol. The highest BCUT2D eigenvalue weighted by Gasteiger charge is 2.06. The van der Waals surface area contributed by atoms with Crippen LogP contribution in [0.3, 0.4) is 0 Å². The highest BCUT2D eigenvalue weighted by molar-refractivity contribution is 7.98. The molecule has 0 heterocycles. The van der Waals surface area contributed by atoms with Crippen molar-refractivity contribution >= 4 is 11.8 Å². The lowest BCUT2D eigenvalue weighted by atomic mass is 10.2. The third-order valence-electron chi connectivity index (χ3n) is 2.44. The maximum atomic E-state index is 5.77. The lowest BCUT2D eigenvalue weighted by molar-refractivity contribution is 0.277. The van der Waals surface area contributed by atoms with Crippen LogP contribution >= 0.6 is 11.8 Å². The Morgan fingerprint density at radius 3 is 2.72 bits per heavy atom. The molecule has 0 radical (unpaired) electrons. The predicted octanol–water partition coefficient (Wildman–Crippen LogP) is 2.94. The molecule has 0 fully saturated rings. The van der Waals surface area contributed by atoms with Gasteiger partial charge in [0.05, 0.1) is 13.2 Å². The molecule has 1 aromatic rings. The molecule has 0 spiro atoms. The van der Waals surface area contributed by atoms with E-state index in [1.807, 2.05) is 37.9 Å². The molecular formula is C14H23NO2S. The molecule has 0 unspecified atom stereocenters. The summed E-state index contributed by atoms with van der Waals surface area (Å²) in [7, 11) is 1.94. The molecule has 0 saturated heterocycles. The second kappa shape index (κ2) is 9.11. The number of hydrogen-bond donors (Lipinski definition) is 1. The van der Waals surface area contributed by atoms with Crippen LogP contribution in [0.2, 0.25) is 0 Å². The Balaban J connectivity index is 2.63. The van der Waals surface area contributed by atoms with Gasteiger partial charge in [-0.15, -0.1) is 0 Å². The van der Waals surface area contributed by atoms with Crippen molar-refractivity contribution in [2.24, 2.45) is 0 Å². The van der Waals surface area contributed by atoms with Crippen LogP contribution in [0.4, 0.5) is 0 Å². The Morgan fingerprint density at radius 1 is 1.22 bits per heavy atom. The zero-order valence-corrected chi connectivity index (χ0v) is 12.3. The molecule has 102 valence electrons. The summed E-state index contributed by atoms with van der Waals surface area (Å²) in [6.45, 7) is 4.23. The van der Waals surface area contributed by atoms with Gasteiger partial charge >= 0.3 is 0 Å². The first kappa shape index (κ1) is 15.2. The summed E-state index contributed by atoms with van der Waals surface area (Å²) in [6.07, 6.45) is 3.17. The van der Waals surface area contributed by atoms with Crippen LogP contribution in [-0.2, 0) is 6.54 Å². The molecule has 1 aromatic carbocycles. The van der Waals surface area contributed by atoms with Gasteiger partial charge in [-0.25, -0.2) is 0 Å². The van der Waals surface area contributed by atoms with Crippen LogP contribution in [0.1, 0.15) is 18.9 Å². The maximum absolute atomic E-state index is 5.77. The second-order valence-corrected chi connectivity index (χ2v) is 4.92. The van der Waals surface area contributed by atoms with Gasteiger partial charge in [-0.1, -0.05) is 6.07 Å². The van der Waals surface area contributed by atoms with E-state index in [9.17, 15) is 0 Å². The molecular weight excluding hydrogens is 246 g/mol. The minimum atomic E-state index is 0.657. The Kier molecular flexibility index (Phi) is 7.69. The van der Waals surface area contributed by atoms with E-state index in [2.05, 4.69) is 17.6 Å². The van der Waals surface area contributed by atoms with Crippen molar-refractivity contribution in [2.75, 3.05) is 32.3 Å². The molecule has 1 N–H and O–H groups in total. The number of ether oxygens (including phenoxy) is 2. The average molecular weight is 269 g/mol. The molecule has 0 aromatic heterocycles. The minimum absolute atomic E-state index is 0.657. The van der Waals surface area contributed by atoms with Crippen LogP contribution in [0.25, 0.3) is 0 Å². The number of thioether (sulfide) groups is 1. The van der Waals surface area contributed by atoms with Crippen molar-refractivity contribution < 1.29 is 9.47 Å². The van der Waals surface area contributed by atoms with Gasteiger partial charge < -0.3 is 14.8 Å². The maximum Gasteiger partial charge on any atom is 0.161 e. The average Bonchev–Trinajstić information content (AvgIpc) is 2.37. The third kappa shape index (κ3) is 5.19. The molecule has 0 aliphatic carbocycles. The fraction of sp³-hybridized carbons (Fsp3) is 0.571. The number of benzene rings is 1. The van der Waals surface area contributed by atoms with Crippen LogP contribution in [-0.4, -0.2) is 32.3 Å². The van der Waals surface area contributed by atoms with Crippen LogP contribution in [0.5, 0.6) is 11.5 Å². The van der Waals surface area contributed by atoms with E-state index in [-0.39, 0.29) is 0 Å². The number of hydrogen-bond acceptors (Lipinski definition) is 4. The molecule has 0 bridgehead atoms. The molecule has 0 amide bonds. The first-order valence-corrected chi connectivity index (χ1v) is 7.73. The van der Waals surface area contributed by atoms with Crippen molar-refractivity contribution in [3.05, 3.63) is 23.8 Å². The normalized spacial score (nSPS) is 10.4. The SMILES string of the molecule is CCOc1cc(CNC)ccc1OCCCSC. The first-order valence-electron chi connectivity index (χ1n) is 6.33. The summed E-state index contributed by atoms with van der Waals surface area (Å²) >= 11 is 1.84. The zero-order chi connectivity index (χ0) is 13.2. The quantitative estimate of drug-likeness (QED) is 0.698. The molecule has 0 saturated carbocycles. The van der Waals surface area contributed by atoms with E-state index in [0.717, 1.165) is 36.8 Å². The van der Waals surface area contributed by atoms with Gasteiger partial charge in [0.1, 0.15) is 0 Å². The van der Waals surface area contributed by atoms with E-state index in [1.54, 1.807) is 0 Å². The van der Waals surface area contributed by atoms with Crippen molar-refractivity contribution in [2.45, 2.75) is 19.9 Å². The lowest BCUT2D eigenvalue weighted by Gasteiger charge is -2.13. The molecule has 18 heavy (non-hydrogen) atoms. The highest BCUT2D eigenvalue weighted by Crippen LogP contribution is 2.28. The second-order valence-electron chi connectivity index (χ2n) is 3.94. The Labute approximate surface area is 114 Å². The minimum Gasteiger partial charge on any atom is -0.490 e. The van der Waals surface area contributed by atoms with Crippen LogP contribution in [0.15, 0.2) is 18.2 Å². The Morgan fingerprint density at radius 2 is 2.06 bits per heavy atom. The third-order valence-corrected chi connectivity index (χ3v) is 3.14. The fourth-order valence-corrected chi connectivity index (χ4v) is 2.05. The van der Waals surface area contributed by atoms with Crippen molar-refractivity contribution in [1.82, 2.24) is 5.32 Å². The molecule has 3 nitrogen and oxygen atoms in total. The van der Waals surface area contributed by atoms with E-state index < -0.39 is 0 Å². The first-order chi connectivity index (χ1) is 8.81. The van der Waals surface area contributed by atoms with Crippen molar-refractivity contribution in [3.63, 3.8) is 0 Å². The van der Waals surface area contributed by atoms with Gasteiger partial charge in [0.25, 0.3) is 0 Å². The summed E-state index contributed by atoms with van der Waals surface area (Å²) in [4.78, 5) is 0. The molecule has 4 heteroatoms. The molecule has 1 rings (SSSR count). The lowest BCUT2D eigenvalue weighted by Crippen LogP contribution is -2.06. The fourth-order valence-electron chi connectivity index (χ4n) is 1.64. The van der Waals surface area contributed by atoms with Gasteiger partial charge in [-0.3, -0.25) is 0 Å². The standard InChI is InChI=1S/C14H23NO2S/c1-4-16-14-10-12(11-15-2)6-7-13(14)17-8-5-9-18-3/h6-7,10,15H,4-5,8-9,11H2,1-3H3.